The summed E-state index contributed by atoms with van der Waals surface area (Å²) in [6.45, 7) is 0. The maximum absolute atomic E-state index is 5.30. The third-order valence-corrected chi connectivity index (χ3v) is 3.98. The minimum atomic E-state index is 0.745. The van der Waals surface area contributed by atoms with Crippen LogP contribution in [0.2, 0.25) is 0 Å². The number of fused-ring (bicyclic) bond motifs is 1. The van der Waals surface area contributed by atoms with Crippen molar-refractivity contribution in [2.24, 2.45) is 0 Å². The van der Waals surface area contributed by atoms with Gasteiger partial charge in [0.25, 0.3) is 0 Å². The molecular weight excluding hydrogens is 276 g/mol. The van der Waals surface area contributed by atoms with Crippen LogP contribution < -0.4 is 9.47 Å². The monoisotopic (exact) mass is 290 g/mol. The summed E-state index contributed by atoms with van der Waals surface area (Å²) >= 11 is 1.56. The van der Waals surface area contributed by atoms with Crippen molar-refractivity contribution >= 4 is 16.3 Å². The molecule has 0 radical (unpaired) electrons. The Bertz CT molecular complexity index is 694. The molecule has 0 unspecified atom stereocenters. The van der Waals surface area contributed by atoms with Gasteiger partial charge in [-0.25, -0.2) is 0 Å². The van der Waals surface area contributed by atoms with Crippen LogP contribution in [-0.4, -0.2) is 34.0 Å². The molecule has 0 amide bonds. The van der Waals surface area contributed by atoms with E-state index in [4.69, 9.17) is 9.47 Å². The zero-order valence-electron chi connectivity index (χ0n) is 11.2. The SMILES string of the molecule is COc1ccc(CCc2nn3cnnc3s2)cc1OC. The van der Waals surface area contributed by atoms with E-state index in [1.807, 2.05) is 18.2 Å². The van der Waals surface area contributed by atoms with Gasteiger partial charge in [-0.1, -0.05) is 17.4 Å². The Labute approximate surface area is 120 Å². The Morgan fingerprint density at radius 1 is 1.15 bits per heavy atom. The van der Waals surface area contributed by atoms with Crippen molar-refractivity contribution in [3.8, 4) is 11.5 Å². The number of ether oxygens (including phenoxy) is 2. The number of hydrogen-bond acceptors (Lipinski definition) is 6. The second kappa shape index (κ2) is 5.46. The summed E-state index contributed by atoms with van der Waals surface area (Å²) in [5.74, 6) is 1.50. The number of hydrogen-bond donors (Lipinski definition) is 0. The maximum atomic E-state index is 5.30. The van der Waals surface area contributed by atoms with Gasteiger partial charge in [-0.2, -0.15) is 9.61 Å². The van der Waals surface area contributed by atoms with Crippen molar-refractivity contribution in [1.29, 1.82) is 0 Å². The molecular formula is C13H14N4O2S. The highest BCUT2D eigenvalue weighted by molar-refractivity contribution is 7.16. The molecule has 0 spiro atoms. The first kappa shape index (κ1) is 12.9. The fourth-order valence-electron chi connectivity index (χ4n) is 1.99. The maximum Gasteiger partial charge on any atom is 0.234 e. The van der Waals surface area contributed by atoms with Crippen LogP contribution >= 0.6 is 11.3 Å². The fraction of sp³-hybridized carbons (Fsp3) is 0.308. The lowest BCUT2D eigenvalue weighted by atomic mass is 10.1. The highest BCUT2D eigenvalue weighted by Crippen LogP contribution is 2.28. The van der Waals surface area contributed by atoms with Crippen LogP contribution in [0.25, 0.3) is 4.96 Å². The molecule has 3 aromatic rings. The Balaban J connectivity index is 1.73. The lowest BCUT2D eigenvalue weighted by Gasteiger charge is -2.08. The summed E-state index contributed by atoms with van der Waals surface area (Å²) in [6.07, 6.45) is 3.37. The van der Waals surface area contributed by atoms with E-state index in [1.54, 1.807) is 36.4 Å². The van der Waals surface area contributed by atoms with E-state index in [1.165, 1.54) is 5.56 Å². The summed E-state index contributed by atoms with van der Waals surface area (Å²) in [5, 5.41) is 13.2. The average molecular weight is 290 g/mol. The zero-order chi connectivity index (χ0) is 13.9. The summed E-state index contributed by atoms with van der Waals surface area (Å²) in [6, 6.07) is 5.97. The Morgan fingerprint density at radius 2 is 2.00 bits per heavy atom. The third kappa shape index (κ3) is 2.44. The van der Waals surface area contributed by atoms with Crippen molar-refractivity contribution in [1.82, 2.24) is 19.8 Å². The lowest BCUT2D eigenvalue weighted by Crippen LogP contribution is -1.95. The van der Waals surface area contributed by atoms with Gasteiger partial charge in [0.2, 0.25) is 4.96 Å². The van der Waals surface area contributed by atoms with E-state index in [2.05, 4.69) is 15.3 Å². The molecule has 0 atom stereocenters. The molecule has 0 N–H and O–H groups in total. The second-order valence-corrected chi connectivity index (χ2v) is 5.28. The van der Waals surface area contributed by atoms with Gasteiger partial charge in [-0.3, -0.25) is 0 Å². The van der Waals surface area contributed by atoms with Crippen molar-refractivity contribution in [2.75, 3.05) is 14.2 Å². The molecule has 0 aliphatic heterocycles. The molecule has 6 nitrogen and oxygen atoms in total. The molecule has 1 aromatic carbocycles. The molecule has 0 aliphatic rings. The number of aromatic nitrogens is 4. The highest BCUT2D eigenvalue weighted by Gasteiger charge is 2.08. The number of aryl methyl sites for hydroxylation is 2. The van der Waals surface area contributed by atoms with Crippen molar-refractivity contribution in [3.05, 3.63) is 35.1 Å². The van der Waals surface area contributed by atoms with Gasteiger partial charge < -0.3 is 9.47 Å². The van der Waals surface area contributed by atoms with Crippen LogP contribution in [0.3, 0.4) is 0 Å². The van der Waals surface area contributed by atoms with Gasteiger partial charge in [-0.05, 0) is 24.1 Å². The van der Waals surface area contributed by atoms with E-state index in [-0.39, 0.29) is 0 Å². The summed E-state index contributed by atoms with van der Waals surface area (Å²) < 4.78 is 12.2. The molecule has 2 aromatic heterocycles. The first-order valence-electron chi connectivity index (χ1n) is 6.17. The first-order chi connectivity index (χ1) is 9.80. The molecule has 20 heavy (non-hydrogen) atoms. The van der Waals surface area contributed by atoms with Gasteiger partial charge >= 0.3 is 0 Å². The van der Waals surface area contributed by atoms with E-state index < -0.39 is 0 Å². The van der Waals surface area contributed by atoms with Crippen LogP contribution in [0.15, 0.2) is 24.5 Å². The van der Waals surface area contributed by atoms with E-state index in [0.29, 0.717) is 0 Å². The van der Waals surface area contributed by atoms with Crippen molar-refractivity contribution in [3.63, 3.8) is 0 Å². The second-order valence-electron chi connectivity index (χ2n) is 4.24. The molecule has 3 rings (SSSR count). The molecule has 7 heteroatoms. The van der Waals surface area contributed by atoms with Crippen molar-refractivity contribution in [2.45, 2.75) is 12.8 Å². The number of nitrogens with zero attached hydrogens (tertiary/aromatic N) is 4. The first-order valence-corrected chi connectivity index (χ1v) is 6.98. The molecule has 0 saturated carbocycles. The quantitative estimate of drug-likeness (QED) is 0.719. The standard InChI is InChI=1S/C13H14N4O2S/c1-18-10-5-3-9(7-11(10)19-2)4-6-12-16-17-8-14-15-13(17)20-12/h3,5,7-8H,4,6H2,1-2H3. The molecule has 0 aliphatic carbocycles. The van der Waals surface area contributed by atoms with Crippen LogP contribution in [0.1, 0.15) is 10.6 Å². The van der Waals surface area contributed by atoms with Gasteiger partial charge in [0.15, 0.2) is 11.5 Å². The van der Waals surface area contributed by atoms with Gasteiger partial charge in [0, 0.05) is 6.42 Å². The Kier molecular flexibility index (Phi) is 3.51. The summed E-state index contributed by atoms with van der Waals surface area (Å²) in [7, 11) is 3.28. The average Bonchev–Trinajstić information content (AvgIpc) is 3.05. The van der Waals surface area contributed by atoms with Gasteiger partial charge in [-0.15, -0.1) is 10.2 Å². The van der Waals surface area contributed by atoms with E-state index in [0.717, 1.165) is 34.3 Å². The smallest absolute Gasteiger partial charge is 0.234 e. The normalized spacial score (nSPS) is 10.9. The largest absolute Gasteiger partial charge is 0.493 e. The van der Waals surface area contributed by atoms with Gasteiger partial charge in [0.05, 0.1) is 14.2 Å². The minimum Gasteiger partial charge on any atom is -0.493 e. The summed E-state index contributed by atoms with van der Waals surface area (Å²) in [4.78, 5) is 0.826. The van der Waals surface area contributed by atoms with E-state index in [9.17, 15) is 0 Å². The fourth-order valence-corrected chi connectivity index (χ4v) is 2.80. The molecule has 0 saturated heterocycles. The minimum absolute atomic E-state index is 0.745. The van der Waals surface area contributed by atoms with Crippen molar-refractivity contribution < 1.29 is 9.47 Å². The Morgan fingerprint density at radius 3 is 2.75 bits per heavy atom. The lowest BCUT2D eigenvalue weighted by molar-refractivity contribution is 0.354. The van der Waals surface area contributed by atoms with Crippen LogP contribution in [0, 0.1) is 0 Å². The Hall–Kier alpha value is -2.15. The highest BCUT2D eigenvalue weighted by atomic mass is 32.1. The number of methoxy groups -OCH3 is 2. The topological polar surface area (TPSA) is 61.5 Å². The third-order valence-electron chi connectivity index (χ3n) is 3.00. The number of rotatable bonds is 5. The van der Waals surface area contributed by atoms with E-state index >= 15 is 0 Å². The van der Waals surface area contributed by atoms with Crippen LogP contribution in [-0.2, 0) is 12.8 Å². The van der Waals surface area contributed by atoms with Crippen LogP contribution in [0.4, 0.5) is 0 Å². The molecule has 104 valence electrons. The predicted molar refractivity (Wildman–Crippen MR) is 75.6 cm³/mol. The molecule has 0 bridgehead atoms. The number of benzene rings is 1. The molecule has 2 heterocycles. The predicted octanol–water partition coefficient (Wildman–Crippen LogP) is 1.99. The molecule has 0 fully saturated rings. The van der Waals surface area contributed by atoms with Crippen LogP contribution in [0.5, 0.6) is 11.5 Å². The zero-order valence-corrected chi connectivity index (χ0v) is 12.1. The van der Waals surface area contributed by atoms with Gasteiger partial charge in [0.1, 0.15) is 11.3 Å². The summed E-state index contributed by atoms with van der Waals surface area (Å²) in [5.41, 5.74) is 1.19.